The molecule has 0 amide bonds. The van der Waals surface area contributed by atoms with E-state index in [0.29, 0.717) is 38.5 Å². The zero-order valence-corrected chi connectivity index (χ0v) is 13.9. The lowest BCUT2D eigenvalue weighted by Crippen LogP contribution is -2.32. The molecule has 0 unspecified atom stereocenters. The van der Waals surface area contributed by atoms with Gasteiger partial charge in [-0.3, -0.25) is 0 Å². The fourth-order valence-electron chi connectivity index (χ4n) is 1.96. The molecule has 1 aromatic heterocycles. The average Bonchev–Trinajstić information content (AvgIpc) is 2.93. The van der Waals surface area contributed by atoms with Crippen molar-refractivity contribution < 1.29 is 17.6 Å². The first-order chi connectivity index (χ1) is 10.1. The first-order valence-corrected chi connectivity index (χ1v) is 8.78. The molecule has 0 fully saturated rings. The van der Waals surface area contributed by atoms with Gasteiger partial charge in [0.1, 0.15) is 5.76 Å². The fraction of sp³-hybridized carbons (Fsp3) is 0.714. The number of nitrogens with one attached hydrogen (secondary N) is 1. The van der Waals surface area contributed by atoms with Crippen molar-refractivity contribution in [2.75, 3.05) is 33.4 Å². The van der Waals surface area contributed by atoms with Crippen molar-refractivity contribution in [1.29, 1.82) is 0 Å². The van der Waals surface area contributed by atoms with Crippen LogP contribution < -0.4 is 5.32 Å². The molecule has 122 valence electrons. The fourth-order valence-corrected chi connectivity index (χ4v) is 3.51. The summed E-state index contributed by atoms with van der Waals surface area (Å²) >= 11 is 0. The molecule has 1 aromatic rings. The van der Waals surface area contributed by atoms with Gasteiger partial charge in [-0.25, -0.2) is 8.42 Å². The van der Waals surface area contributed by atoms with Crippen molar-refractivity contribution in [3.05, 3.63) is 17.9 Å². The predicted octanol–water partition coefficient (Wildman–Crippen LogP) is 1.83. The van der Waals surface area contributed by atoms with Crippen LogP contribution in [0.3, 0.4) is 0 Å². The number of nitrogens with zero attached hydrogens (tertiary/aromatic N) is 1. The molecule has 0 spiro atoms. The zero-order chi connectivity index (χ0) is 15.7. The molecule has 0 aliphatic heterocycles. The maximum absolute atomic E-state index is 12.5. The minimum atomic E-state index is -3.53. The summed E-state index contributed by atoms with van der Waals surface area (Å²) in [5.41, 5.74) is 0. The number of sulfonamides is 1. The molecule has 0 bridgehead atoms. The third kappa shape index (κ3) is 5.43. The Morgan fingerprint density at radius 2 is 1.90 bits per heavy atom. The number of ether oxygens (including phenoxy) is 1. The van der Waals surface area contributed by atoms with Crippen LogP contribution in [0.15, 0.2) is 21.6 Å². The molecule has 0 aliphatic carbocycles. The van der Waals surface area contributed by atoms with Gasteiger partial charge in [0.2, 0.25) is 5.09 Å². The molecular formula is C14H26N2O4S. The highest BCUT2D eigenvalue weighted by Gasteiger charge is 2.26. The summed E-state index contributed by atoms with van der Waals surface area (Å²) in [5.74, 6) is 0.609. The van der Waals surface area contributed by atoms with Gasteiger partial charge in [0.25, 0.3) is 10.0 Å². The molecule has 6 nitrogen and oxygen atoms in total. The molecule has 1 N–H and O–H groups in total. The molecule has 1 rings (SSSR count). The second-order valence-corrected chi connectivity index (χ2v) is 6.66. The molecule has 0 saturated carbocycles. The van der Waals surface area contributed by atoms with Crippen molar-refractivity contribution in [2.45, 2.75) is 38.3 Å². The van der Waals surface area contributed by atoms with E-state index in [2.05, 4.69) is 5.32 Å². The Labute approximate surface area is 127 Å². The minimum Gasteiger partial charge on any atom is -0.447 e. The van der Waals surface area contributed by atoms with Crippen LogP contribution >= 0.6 is 0 Å². The smallest absolute Gasteiger partial charge is 0.276 e. The lowest BCUT2D eigenvalue weighted by atomic mass is 10.4. The van der Waals surface area contributed by atoms with Crippen LogP contribution in [0.1, 0.15) is 32.4 Å². The van der Waals surface area contributed by atoms with E-state index in [1.807, 2.05) is 13.8 Å². The topological polar surface area (TPSA) is 71.8 Å². The summed E-state index contributed by atoms with van der Waals surface area (Å²) in [4.78, 5) is 0. The Kier molecular flexibility index (Phi) is 7.95. The minimum absolute atomic E-state index is 0.0212. The number of hydrogen-bond acceptors (Lipinski definition) is 5. The van der Waals surface area contributed by atoms with Gasteiger partial charge in [0.05, 0.1) is 13.2 Å². The molecule has 0 atom stereocenters. The summed E-state index contributed by atoms with van der Waals surface area (Å²) < 4.78 is 36.9. The summed E-state index contributed by atoms with van der Waals surface area (Å²) in [6, 6.07) is 3.23. The normalized spacial score (nSPS) is 12.2. The molecule has 0 aromatic carbocycles. The monoisotopic (exact) mass is 318 g/mol. The molecule has 0 radical (unpaired) electrons. The molecular weight excluding hydrogens is 292 g/mol. The summed E-state index contributed by atoms with van der Waals surface area (Å²) in [6.07, 6.45) is 1.57. The van der Waals surface area contributed by atoms with Gasteiger partial charge in [-0.1, -0.05) is 13.8 Å². The maximum atomic E-state index is 12.5. The van der Waals surface area contributed by atoms with E-state index in [9.17, 15) is 8.42 Å². The summed E-state index contributed by atoms with van der Waals surface area (Å²) in [6.45, 7) is 6.73. The predicted molar refractivity (Wildman–Crippen MR) is 81.6 cm³/mol. The Morgan fingerprint density at radius 1 is 1.24 bits per heavy atom. The molecule has 0 saturated heterocycles. The van der Waals surface area contributed by atoms with Crippen molar-refractivity contribution in [1.82, 2.24) is 9.62 Å². The quantitative estimate of drug-likeness (QED) is 0.630. The van der Waals surface area contributed by atoms with Gasteiger partial charge in [0, 0.05) is 26.7 Å². The highest BCUT2D eigenvalue weighted by molar-refractivity contribution is 7.89. The number of rotatable bonds is 11. The first-order valence-electron chi connectivity index (χ1n) is 7.34. The van der Waals surface area contributed by atoms with Gasteiger partial charge >= 0.3 is 0 Å². The van der Waals surface area contributed by atoms with E-state index >= 15 is 0 Å². The van der Waals surface area contributed by atoms with Gasteiger partial charge in [-0.2, -0.15) is 4.31 Å². The number of hydrogen-bond donors (Lipinski definition) is 1. The number of methoxy groups -OCH3 is 1. The second-order valence-electron chi connectivity index (χ2n) is 4.79. The molecule has 7 heteroatoms. The third-order valence-electron chi connectivity index (χ3n) is 2.96. The summed E-state index contributed by atoms with van der Waals surface area (Å²) in [7, 11) is -1.89. The van der Waals surface area contributed by atoms with E-state index in [0.717, 1.165) is 12.8 Å². The second kappa shape index (κ2) is 9.19. The van der Waals surface area contributed by atoms with Crippen molar-refractivity contribution in [2.24, 2.45) is 0 Å². The van der Waals surface area contributed by atoms with Gasteiger partial charge in [0.15, 0.2) is 0 Å². The van der Waals surface area contributed by atoms with Gasteiger partial charge in [-0.05, 0) is 25.0 Å². The van der Waals surface area contributed by atoms with Crippen molar-refractivity contribution in [3.63, 3.8) is 0 Å². The van der Waals surface area contributed by atoms with Crippen LogP contribution in [0.5, 0.6) is 0 Å². The largest absolute Gasteiger partial charge is 0.447 e. The molecule has 21 heavy (non-hydrogen) atoms. The van der Waals surface area contributed by atoms with E-state index < -0.39 is 10.0 Å². The van der Waals surface area contributed by atoms with Crippen LogP contribution in [-0.4, -0.2) is 46.1 Å². The SMILES string of the molecule is CCCN(CCC)S(=O)(=O)c1ccc(CNCCOC)o1. The highest BCUT2D eigenvalue weighted by atomic mass is 32.2. The highest BCUT2D eigenvalue weighted by Crippen LogP contribution is 2.19. The van der Waals surface area contributed by atoms with Crippen LogP contribution in [0.25, 0.3) is 0 Å². The van der Waals surface area contributed by atoms with E-state index in [1.165, 1.54) is 10.4 Å². The third-order valence-corrected chi connectivity index (χ3v) is 4.73. The Morgan fingerprint density at radius 3 is 2.48 bits per heavy atom. The Bertz CT molecular complexity index is 493. The lowest BCUT2D eigenvalue weighted by molar-refractivity contribution is 0.198. The first kappa shape index (κ1) is 18.2. The summed E-state index contributed by atoms with van der Waals surface area (Å²) in [5, 5.41) is 3.14. The van der Waals surface area contributed by atoms with E-state index in [4.69, 9.17) is 9.15 Å². The Hall–Kier alpha value is -0.890. The standard InChI is InChI=1S/C14H26N2O4S/c1-4-9-16(10-5-2)21(17,18)14-7-6-13(20-14)12-15-8-11-19-3/h6-7,15H,4-5,8-12H2,1-3H3. The Balaban J connectivity index is 2.72. The lowest BCUT2D eigenvalue weighted by Gasteiger charge is -2.19. The van der Waals surface area contributed by atoms with Crippen LogP contribution in [-0.2, 0) is 21.3 Å². The van der Waals surface area contributed by atoms with Crippen molar-refractivity contribution in [3.8, 4) is 0 Å². The maximum Gasteiger partial charge on any atom is 0.276 e. The van der Waals surface area contributed by atoms with E-state index in [-0.39, 0.29) is 5.09 Å². The van der Waals surface area contributed by atoms with E-state index in [1.54, 1.807) is 13.2 Å². The van der Waals surface area contributed by atoms with Crippen molar-refractivity contribution >= 4 is 10.0 Å². The average molecular weight is 318 g/mol. The molecule has 0 aliphatic rings. The van der Waals surface area contributed by atoms with Gasteiger partial charge in [-0.15, -0.1) is 0 Å². The van der Waals surface area contributed by atoms with Crippen LogP contribution in [0.2, 0.25) is 0 Å². The van der Waals surface area contributed by atoms with Crippen LogP contribution in [0, 0.1) is 0 Å². The molecule has 1 heterocycles. The van der Waals surface area contributed by atoms with Gasteiger partial charge < -0.3 is 14.5 Å². The number of furan rings is 1. The van der Waals surface area contributed by atoms with Crippen LogP contribution in [0.4, 0.5) is 0 Å². The zero-order valence-electron chi connectivity index (χ0n) is 13.1.